The molecule has 0 saturated heterocycles. The Bertz CT molecular complexity index is 247. The lowest BCUT2D eigenvalue weighted by atomic mass is 10.1. The normalized spacial score (nSPS) is 18.9. The average molecular weight is 212 g/mol. The highest BCUT2D eigenvalue weighted by atomic mass is 16.2. The number of carbonyl (C=O) groups excluding carboxylic acids is 2. The zero-order valence-corrected chi connectivity index (χ0v) is 9.53. The maximum atomic E-state index is 11.5. The van der Waals surface area contributed by atoms with Crippen LogP contribution in [0.1, 0.15) is 39.5 Å². The molecule has 1 saturated carbocycles. The van der Waals surface area contributed by atoms with Crippen molar-refractivity contribution in [2.75, 3.05) is 6.54 Å². The molecular formula is C11H20N2O2. The zero-order valence-electron chi connectivity index (χ0n) is 9.53. The molecule has 1 aliphatic carbocycles. The van der Waals surface area contributed by atoms with Gasteiger partial charge in [0.1, 0.15) is 0 Å². The molecular weight excluding hydrogens is 192 g/mol. The summed E-state index contributed by atoms with van der Waals surface area (Å²) in [5.41, 5.74) is 5.32. The molecule has 1 amide bonds. The Labute approximate surface area is 90.8 Å². The maximum absolute atomic E-state index is 11.5. The summed E-state index contributed by atoms with van der Waals surface area (Å²) in [5.74, 6) is -0.0756. The minimum absolute atomic E-state index is 0.0116. The summed E-state index contributed by atoms with van der Waals surface area (Å²) in [6.07, 6.45) is 4.33. The summed E-state index contributed by atoms with van der Waals surface area (Å²) >= 11 is 0. The van der Waals surface area contributed by atoms with E-state index in [9.17, 15) is 9.59 Å². The number of ketones is 1. The van der Waals surface area contributed by atoms with Crippen molar-refractivity contribution in [3.63, 3.8) is 0 Å². The molecule has 0 radical (unpaired) electrons. The van der Waals surface area contributed by atoms with E-state index in [2.05, 4.69) is 0 Å². The molecule has 1 unspecified atom stereocenters. The van der Waals surface area contributed by atoms with Gasteiger partial charge in [0.2, 0.25) is 5.91 Å². The molecule has 0 aromatic heterocycles. The van der Waals surface area contributed by atoms with Gasteiger partial charge < -0.3 is 10.6 Å². The van der Waals surface area contributed by atoms with Crippen LogP contribution in [-0.4, -0.2) is 35.2 Å². The molecule has 4 nitrogen and oxygen atoms in total. The van der Waals surface area contributed by atoms with Crippen molar-refractivity contribution >= 4 is 11.7 Å². The standard InChI is InChI=1S/C11H20N2O2/c1-8(11(15)7-12)13(9(2)14)10-5-3-4-6-10/h8,10H,3-7,12H2,1-2H3. The molecule has 4 heteroatoms. The molecule has 0 aromatic carbocycles. The monoisotopic (exact) mass is 212 g/mol. The lowest BCUT2D eigenvalue weighted by Crippen LogP contribution is -2.49. The first-order valence-corrected chi connectivity index (χ1v) is 5.59. The van der Waals surface area contributed by atoms with E-state index in [1.165, 1.54) is 6.92 Å². The molecule has 1 aliphatic rings. The van der Waals surface area contributed by atoms with Gasteiger partial charge in [-0.05, 0) is 19.8 Å². The highest BCUT2D eigenvalue weighted by Gasteiger charge is 2.31. The first kappa shape index (κ1) is 12.2. The second kappa shape index (κ2) is 5.26. The van der Waals surface area contributed by atoms with Gasteiger partial charge in [0.15, 0.2) is 5.78 Å². The maximum Gasteiger partial charge on any atom is 0.220 e. The van der Waals surface area contributed by atoms with Crippen molar-refractivity contribution in [1.29, 1.82) is 0 Å². The number of nitrogens with zero attached hydrogens (tertiary/aromatic N) is 1. The molecule has 1 rings (SSSR count). The van der Waals surface area contributed by atoms with Gasteiger partial charge in [0.25, 0.3) is 0 Å². The summed E-state index contributed by atoms with van der Waals surface area (Å²) < 4.78 is 0. The Morgan fingerprint density at radius 3 is 2.33 bits per heavy atom. The molecule has 1 atom stereocenters. The average Bonchev–Trinajstić information content (AvgIpc) is 2.69. The largest absolute Gasteiger partial charge is 0.330 e. The van der Waals surface area contributed by atoms with Crippen LogP contribution >= 0.6 is 0 Å². The molecule has 0 heterocycles. The molecule has 2 N–H and O–H groups in total. The van der Waals surface area contributed by atoms with Crippen LogP contribution in [0.5, 0.6) is 0 Å². The van der Waals surface area contributed by atoms with Crippen LogP contribution in [0.25, 0.3) is 0 Å². The van der Waals surface area contributed by atoms with Crippen LogP contribution in [0.2, 0.25) is 0 Å². The van der Waals surface area contributed by atoms with Gasteiger partial charge >= 0.3 is 0 Å². The first-order valence-electron chi connectivity index (χ1n) is 5.59. The number of hydrogen-bond acceptors (Lipinski definition) is 3. The van der Waals surface area contributed by atoms with Crippen LogP contribution in [0, 0.1) is 0 Å². The molecule has 0 spiro atoms. The first-order chi connectivity index (χ1) is 7.07. The van der Waals surface area contributed by atoms with E-state index in [4.69, 9.17) is 5.73 Å². The van der Waals surface area contributed by atoms with Crippen LogP contribution in [0.15, 0.2) is 0 Å². The quantitative estimate of drug-likeness (QED) is 0.746. The summed E-state index contributed by atoms with van der Waals surface area (Å²) in [4.78, 5) is 24.7. The van der Waals surface area contributed by atoms with Crippen LogP contribution in [-0.2, 0) is 9.59 Å². The van der Waals surface area contributed by atoms with Gasteiger partial charge in [0.05, 0.1) is 12.6 Å². The molecule has 0 bridgehead atoms. The summed E-state index contributed by atoms with van der Waals surface area (Å²) in [5, 5.41) is 0. The van der Waals surface area contributed by atoms with Gasteiger partial charge in [-0.15, -0.1) is 0 Å². The highest BCUT2D eigenvalue weighted by Crippen LogP contribution is 2.25. The zero-order chi connectivity index (χ0) is 11.4. The number of rotatable bonds is 4. The summed E-state index contributed by atoms with van der Waals surface area (Å²) in [6, 6.07) is -0.122. The number of amides is 1. The predicted molar refractivity (Wildman–Crippen MR) is 58.3 cm³/mol. The topological polar surface area (TPSA) is 63.4 Å². The van der Waals surface area contributed by atoms with Gasteiger partial charge in [-0.3, -0.25) is 9.59 Å². The van der Waals surface area contributed by atoms with Gasteiger partial charge in [0, 0.05) is 13.0 Å². The number of nitrogens with two attached hydrogens (primary N) is 1. The molecule has 0 aromatic rings. The molecule has 1 fully saturated rings. The van der Waals surface area contributed by atoms with Crippen molar-refractivity contribution in [1.82, 2.24) is 4.90 Å². The highest BCUT2D eigenvalue weighted by molar-refractivity contribution is 5.89. The van der Waals surface area contributed by atoms with E-state index in [0.29, 0.717) is 0 Å². The van der Waals surface area contributed by atoms with E-state index in [0.717, 1.165) is 25.7 Å². The second-order valence-corrected chi connectivity index (χ2v) is 4.21. The van der Waals surface area contributed by atoms with Gasteiger partial charge in [-0.2, -0.15) is 0 Å². The molecule has 86 valence electrons. The minimum atomic E-state index is -0.365. The SMILES string of the molecule is CC(=O)N(C1CCCC1)C(C)C(=O)CN. The lowest BCUT2D eigenvalue weighted by Gasteiger charge is -2.32. The second-order valence-electron chi connectivity index (χ2n) is 4.21. The van der Waals surface area contributed by atoms with Crippen LogP contribution in [0.4, 0.5) is 0 Å². The van der Waals surface area contributed by atoms with E-state index in [1.807, 2.05) is 0 Å². The summed E-state index contributed by atoms with van der Waals surface area (Å²) in [6.45, 7) is 3.31. The fourth-order valence-electron chi connectivity index (χ4n) is 2.35. The van der Waals surface area contributed by atoms with E-state index in [1.54, 1.807) is 11.8 Å². The Morgan fingerprint density at radius 1 is 1.40 bits per heavy atom. The van der Waals surface area contributed by atoms with Gasteiger partial charge in [-0.1, -0.05) is 12.8 Å². The number of carbonyl (C=O) groups is 2. The third-order valence-electron chi connectivity index (χ3n) is 3.17. The van der Waals surface area contributed by atoms with Crippen molar-refractivity contribution in [3.05, 3.63) is 0 Å². The fraction of sp³-hybridized carbons (Fsp3) is 0.818. The Hall–Kier alpha value is -0.900. The van der Waals surface area contributed by atoms with Crippen molar-refractivity contribution in [2.45, 2.75) is 51.6 Å². The smallest absolute Gasteiger partial charge is 0.220 e. The molecule has 15 heavy (non-hydrogen) atoms. The number of hydrogen-bond donors (Lipinski definition) is 1. The third-order valence-corrected chi connectivity index (χ3v) is 3.17. The summed E-state index contributed by atoms with van der Waals surface area (Å²) in [7, 11) is 0. The Morgan fingerprint density at radius 2 is 1.93 bits per heavy atom. The van der Waals surface area contributed by atoms with Crippen LogP contribution in [0.3, 0.4) is 0 Å². The third kappa shape index (κ3) is 2.78. The van der Waals surface area contributed by atoms with Crippen molar-refractivity contribution < 1.29 is 9.59 Å². The van der Waals surface area contributed by atoms with E-state index in [-0.39, 0.29) is 30.3 Å². The van der Waals surface area contributed by atoms with Gasteiger partial charge in [-0.25, -0.2) is 0 Å². The lowest BCUT2D eigenvalue weighted by molar-refractivity contribution is -0.139. The van der Waals surface area contributed by atoms with E-state index >= 15 is 0 Å². The van der Waals surface area contributed by atoms with Crippen molar-refractivity contribution in [2.24, 2.45) is 5.73 Å². The number of Topliss-reactive ketones (excluding diaryl/α,β-unsaturated/α-hetero) is 1. The molecule has 0 aliphatic heterocycles. The Balaban J connectivity index is 2.72. The van der Waals surface area contributed by atoms with Crippen molar-refractivity contribution in [3.8, 4) is 0 Å². The van der Waals surface area contributed by atoms with Crippen LogP contribution < -0.4 is 5.73 Å². The minimum Gasteiger partial charge on any atom is -0.330 e. The Kier molecular flexibility index (Phi) is 4.27. The fourth-order valence-corrected chi connectivity index (χ4v) is 2.35. The van der Waals surface area contributed by atoms with E-state index < -0.39 is 0 Å². The predicted octanol–water partition coefficient (Wildman–Crippen LogP) is 0.694.